The topological polar surface area (TPSA) is 24.8 Å². The number of piperidine rings is 2. The van der Waals surface area contributed by atoms with Crippen LogP contribution in [-0.2, 0) is 11.3 Å². The van der Waals surface area contributed by atoms with Crippen molar-refractivity contribution in [2.75, 3.05) is 26.2 Å². The second-order valence-electron chi connectivity index (χ2n) is 7.34. The molecule has 126 valence electrons. The maximum atomic E-state index is 13.0. The van der Waals surface area contributed by atoms with Crippen molar-refractivity contribution in [3.05, 3.63) is 35.6 Å². The van der Waals surface area contributed by atoms with Crippen molar-refractivity contribution in [3.8, 4) is 0 Å². The molecule has 1 aromatic rings. The molecule has 0 unspecified atom stereocenters. The lowest BCUT2D eigenvalue weighted by Crippen LogP contribution is -3.11. The highest BCUT2D eigenvalue weighted by Crippen LogP contribution is 2.20. The number of benzene rings is 1. The average Bonchev–Trinajstić information content (AvgIpc) is 2.58. The van der Waals surface area contributed by atoms with Gasteiger partial charge in [-0.15, -0.1) is 0 Å². The molecule has 1 aromatic carbocycles. The number of quaternary nitrogens is 1. The number of likely N-dealkylation sites (tertiary alicyclic amines) is 2. The number of nitrogens with zero attached hydrogens (tertiary/aromatic N) is 1. The fourth-order valence-corrected chi connectivity index (χ4v) is 3.83. The Bertz CT molecular complexity index is 515. The molecule has 2 aliphatic heterocycles. The number of carbonyl (C=O) groups excluding carboxylic acids is 1. The number of halogens is 1. The van der Waals surface area contributed by atoms with Crippen molar-refractivity contribution in [3.63, 3.8) is 0 Å². The Morgan fingerprint density at radius 1 is 1.13 bits per heavy atom. The Morgan fingerprint density at radius 2 is 1.74 bits per heavy atom. The molecule has 0 aliphatic carbocycles. The number of amides is 1. The zero-order valence-corrected chi connectivity index (χ0v) is 14.1. The van der Waals surface area contributed by atoms with Crippen LogP contribution < -0.4 is 4.90 Å². The molecule has 2 aliphatic rings. The van der Waals surface area contributed by atoms with Gasteiger partial charge in [-0.3, -0.25) is 4.79 Å². The highest BCUT2D eigenvalue weighted by molar-refractivity contribution is 5.79. The molecule has 2 heterocycles. The smallest absolute Gasteiger partial charge is 0.226 e. The Labute approximate surface area is 138 Å². The van der Waals surface area contributed by atoms with Gasteiger partial charge in [0.15, 0.2) is 0 Å². The van der Waals surface area contributed by atoms with Crippen LogP contribution in [0, 0.1) is 17.7 Å². The quantitative estimate of drug-likeness (QED) is 0.904. The van der Waals surface area contributed by atoms with E-state index in [2.05, 4.69) is 11.8 Å². The molecule has 0 aromatic heterocycles. The van der Waals surface area contributed by atoms with Gasteiger partial charge >= 0.3 is 0 Å². The Hall–Kier alpha value is -1.42. The van der Waals surface area contributed by atoms with E-state index < -0.39 is 0 Å². The number of hydrogen-bond acceptors (Lipinski definition) is 1. The number of hydrogen-bond donors (Lipinski definition) is 1. The molecule has 3 rings (SSSR count). The molecule has 0 radical (unpaired) electrons. The lowest BCUT2D eigenvalue weighted by molar-refractivity contribution is -0.919. The van der Waals surface area contributed by atoms with Gasteiger partial charge in [-0.25, -0.2) is 4.39 Å². The molecule has 23 heavy (non-hydrogen) atoms. The largest absolute Gasteiger partial charge is 0.342 e. The van der Waals surface area contributed by atoms with Gasteiger partial charge in [-0.1, -0.05) is 19.1 Å². The van der Waals surface area contributed by atoms with E-state index in [0.717, 1.165) is 64.3 Å². The van der Waals surface area contributed by atoms with Gasteiger partial charge in [0.05, 0.1) is 13.1 Å². The summed E-state index contributed by atoms with van der Waals surface area (Å²) in [5.74, 6) is 1.20. The van der Waals surface area contributed by atoms with Crippen molar-refractivity contribution in [1.29, 1.82) is 0 Å². The fourth-order valence-electron chi connectivity index (χ4n) is 3.83. The maximum Gasteiger partial charge on any atom is 0.226 e. The summed E-state index contributed by atoms with van der Waals surface area (Å²) in [6, 6.07) is 6.80. The molecule has 1 amide bonds. The van der Waals surface area contributed by atoms with E-state index in [0.29, 0.717) is 5.91 Å². The second kappa shape index (κ2) is 7.43. The minimum absolute atomic E-state index is 0.177. The molecule has 0 saturated carbocycles. The Balaban J connectivity index is 1.46. The van der Waals surface area contributed by atoms with Gasteiger partial charge in [0.25, 0.3) is 0 Å². The van der Waals surface area contributed by atoms with Crippen LogP contribution in [0.2, 0.25) is 0 Å². The lowest BCUT2D eigenvalue weighted by Gasteiger charge is -2.35. The summed E-state index contributed by atoms with van der Waals surface area (Å²) in [7, 11) is 0. The van der Waals surface area contributed by atoms with E-state index in [-0.39, 0.29) is 11.7 Å². The van der Waals surface area contributed by atoms with Crippen molar-refractivity contribution < 1.29 is 14.1 Å². The van der Waals surface area contributed by atoms with E-state index in [9.17, 15) is 9.18 Å². The van der Waals surface area contributed by atoms with E-state index in [1.54, 1.807) is 0 Å². The summed E-state index contributed by atoms with van der Waals surface area (Å²) in [5.41, 5.74) is 1.18. The minimum atomic E-state index is -0.177. The predicted octanol–water partition coefficient (Wildman–Crippen LogP) is 1.88. The van der Waals surface area contributed by atoms with Gasteiger partial charge in [0.2, 0.25) is 5.91 Å². The van der Waals surface area contributed by atoms with E-state index in [1.165, 1.54) is 22.6 Å². The number of carbonyl (C=O) groups is 1. The van der Waals surface area contributed by atoms with E-state index in [1.807, 2.05) is 12.1 Å². The summed E-state index contributed by atoms with van der Waals surface area (Å²) in [4.78, 5) is 16.2. The number of nitrogens with one attached hydrogen (secondary N) is 1. The van der Waals surface area contributed by atoms with Crippen molar-refractivity contribution in [2.24, 2.45) is 11.8 Å². The normalized spacial score (nSPS) is 26.3. The van der Waals surface area contributed by atoms with Gasteiger partial charge in [0, 0.05) is 37.4 Å². The zero-order chi connectivity index (χ0) is 16.2. The van der Waals surface area contributed by atoms with Crippen LogP contribution in [0.3, 0.4) is 0 Å². The average molecular weight is 319 g/mol. The van der Waals surface area contributed by atoms with E-state index in [4.69, 9.17) is 0 Å². The Morgan fingerprint density at radius 3 is 2.35 bits per heavy atom. The molecular formula is C19H28FN2O+. The fraction of sp³-hybridized carbons (Fsp3) is 0.632. The van der Waals surface area contributed by atoms with E-state index >= 15 is 0 Å². The molecular weight excluding hydrogens is 291 g/mol. The molecule has 0 spiro atoms. The monoisotopic (exact) mass is 319 g/mol. The van der Waals surface area contributed by atoms with Crippen molar-refractivity contribution >= 4 is 5.91 Å². The highest BCUT2D eigenvalue weighted by Gasteiger charge is 2.31. The molecule has 2 saturated heterocycles. The third kappa shape index (κ3) is 4.31. The molecule has 1 N–H and O–H groups in total. The van der Waals surface area contributed by atoms with Crippen LogP contribution in [0.25, 0.3) is 0 Å². The zero-order valence-electron chi connectivity index (χ0n) is 14.1. The molecule has 3 nitrogen and oxygen atoms in total. The summed E-state index contributed by atoms with van der Waals surface area (Å²) in [5, 5.41) is 0. The van der Waals surface area contributed by atoms with Gasteiger partial charge in [0.1, 0.15) is 12.4 Å². The van der Waals surface area contributed by atoms with Crippen LogP contribution in [0.5, 0.6) is 0 Å². The third-order valence-electron chi connectivity index (χ3n) is 5.50. The molecule has 0 atom stereocenters. The maximum absolute atomic E-state index is 13.0. The standard InChI is InChI=1S/C19H27FN2O/c1-15-6-12-22(13-7-15)19(23)17-8-10-21(11-9-17)14-16-2-4-18(20)5-3-16/h2-5,15,17H,6-14H2,1H3/p+1. The predicted molar refractivity (Wildman–Crippen MR) is 88.5 cm³/mol. The van der Waals surface area contributed by atoms with Crippen LogP contribution >= 0.6 is 0 Å². The minimum Gasteiger partial charge on any atom is -0.342 e. The summed E-state index contributed by atoms with van der Waals surface area (Å²) in [6.45, 7) is 7.18. The summed E-state index contributed by atoms with van der Waals surface area (Å²) in [6.07, 6.45) is 4.28. The Kier molecular flexibility index (Phi) is 5.31. The van der Waals surface area contributed by atoms with Crippen LogP contribution in [0.1, 0.15) is 38.2 Å². The lowest BCUT2D eigenvalue weighted by atomic mass is 9.92. The SMILES string of the molecule is CC1CCN(C(=O)C2CC[NH+](Cc3ccc(F)cc3)CC2)CC1. The van der Waals surface area contributed by atoms with Crippen molar-refractivity contribution in [1.82, 2.24) is 4.90 Å². The third-order valence-corrected chi connectivity index (χ3v) is 5.50. The molecule has 2 fully saturated rings. The van der Waals surface area contributed by atoms with Crippen LogP contribution in [0.4, 0.5) is 4.39 Å². The first-order chi connectivity index (χ1) is 11.1. The first kappa shape index (κ1) is 16.4. The second-order valence-corrected chi connectivity index (χ2v) is 7.34. The van der Waals surface area contributed by atoms with Crippen LogP contribution in [0.15, 0.2) is 24.3 Å². The number of rotatable bonds is 3. The molecule has 4 heteroatoms. The summed E-state index contributed by atoms with van der Waals surface area (Å²) < 4.78 is 13.0. The first-order valence-corrected chi connectivity index (χ1v) is 8.98. The van der Waals surface area contributed by atoms with Crippen LogP contribution in [-0.4, -0.2) is 37.0 Å². The molecule has 0 bridgehead atoms. The van der Waals surface area contributed by atoms with Gasteiger partial charge < -0.3 is 9.80 Å². The van der Waals surface area contributed by atoms with Crippen molar-refractivity contribution in [2.45, 2.75) is 39.2 Å². The van der Waals surface area contributed by atoms with Gasteiger partial charge in [-0.2, -0.15) is 0 Å². The first-order valence-electron chi connectivity index (χ1n) is 8.98. The highest BCUT2D eigenvalue weighted by atomic mass is 19.1. The summed E-state index contributed by atoms with van der Waals surface area (Å²) >= 11 is 0. The van der Waals surface area contributed by atoms with Gasteiger partial charge in [-0.05, 0) is 30.9 Å².